The second-order valence-electron chi connectivity index (χ2n) is 4.17. The van der Waals surface area contributed by atoms with Crippen molar-refractivity contribution in [2.24, 2.45) is 0 Å². The first-order chi connectivity index (χ1) is 8.27. The van der Waals surface area contributed by atoms with E-state index in [1.165, 1.54) is 0 Å². The lowest BCUT2D eigenvalue weighted by Gasteiger charge is -2.30. The van der Waals surface area contributed by atoms with Crippen molar-refractivity contribution < 1.29 is 26.7 Å². The fourth-order valence-corrected chi connectivity index (χ4v) is 3.83. The number of aliphatic hydroxyl groups is 1. The van der Waals surface area contributed by atoms with Gasteiger partial charge < -0.3 is 10.4 Å². The summed E-state index contributed by atoms with van der Waals surface area (Å²) in [5.74, 6) is 0. The largest absolute Gasteiger partial charge is 0.402 e. The summed E-state index contributed by atoms with van der Waals surface area (Å²) in [6.07, 6.45) is -4.01. The Balaban J connectivity index is 2.81. The third-order valence-corrected chi connectivity index (χ3v) is 5.12. The Hall–Kier alpha value is -0.380. The number of hydrogen-bond acceptors (Lipinski definition) is 4. The Morgan fingerprint density at radius 3 is 2.28 bits per heavy atom. The average molecular weight is 290 g/mol. The van der Waals surface area contributed by atoms with E-state index in [2.05, 4.69) is 5.32 Å². The molecule has 0 spiro atoms. The Labute approximate surface area is 104 Å². The summed E-state index contributed by atoms with van der Waals surface area (Å²) in [4.78, 5) is 0. The molecule has 1 saturated heterocycles. The van der Waals surface area contributed by atoms with E-state index in [0.29, 0.717) is 30.2 Å². The highest BCUT2D eigenvalue weighted by Gasteiger charge is 2.39. The Morgan fingerprint density at radius 2 is 1.83 bits per heavy atom. The van der Waals surface area contributed by atoms with Gasteiger partial charge in [0.15, 0.2) is 0 Å². The zero-order chi connectivity index (χ0) is 13.8. The lowest BCUT2D eigenvalue weighted by atomic mass is 10.2. The van der Waals surface area contributed by atoms with E-state index < -0.39 is 41.1 Å². The minimum absolute atomic E-state index is 0.294. The highest BCUT2D eigenvalue weighted by Crippen LogP contribution is 2.23. The molecule has 9 heteroatoms. The van der Waals surface area contributed by atoms with E-state index in [1.807, 2.05) is 0 Å². The maximum atomic E-state index is 12.3. The number of aliphatic hydroxyl groups excluding tert-OH is 1. The van der Waals surface area contributed by atoms with E-state index in [1.54, 1.807) is 0 Å². The number of alkyl halides is 3. The van der Waals surface area contributed by atoms with E-state index in [0.717, 1.165) is 0 Å². The van der Waals surface area contributed by atoms with Crippen LogP contribution in [0.1, 0.15) is 12.8 Å². The van der Waals surface area contributed by atoms with Gasteiger partial charge in [-0.2, -0.15) is 17.5 Å². The standard InChI is InChI=1S/C9H17F3N2O3S/c10-9(11,12)7-14(5-6-15)18(16,17)8-1-3-13-4-2-8/h8,13,15H,1-7H2. The van der Waals surface area contributed by atoms with Crippen molar-refractivity contribution >= 4 is 10.0 Å². The van der Waals surface area contributed by atoms with Crippen molar-refractivity contribution in [3.05, 3.63) is 0 Å². The molecule has 2 N–H and O–H groups in total. The number of piperidine rings is 1. The molecule has 0 aromatic carbocycles. The predicted molar refractivity (Wildman–Crippen MR) is 59.5 cm³/mol. The zero-order valence-corrected chi connectivity index (χ0v) is 10.6. The number of hydrogen-bond donors (Lipinski definition) is 2. The molecule has 0 unspecified atom stereocenters. The fraction of sp³-hybridized carbons (Fsp3) is 1.00. The number of halogens is 3. The Bertz CT molecular complexity index is 353. The van der Waals surface area contributed by atoms with E-state index in [9.17, 15) is 21.6 Å². The van der Waals surface area contributed by atoms with Gasteiger partial charge in [0, 0.05) is 6.54 Å². The van der Waals surface area contributed by atoms with Crippen LogP contribution in [0.2, 0.25) is 0 Å². The number of sulfonamides is 1. The first kappa shape index (κ1) is 15.7. The molecule has 0 saturated carbocycles. The highest BCUT2D eigenvalue weighted by atomic mass is 32.2. The topological polar surface area (TPSA) is 69.6 Å². The van der Waals surface area contributed by atoms with Gasteiger partial charge in [-0.1, -0.05) is 0 Å². The van der Waals surface area contributed by atoms with Crippen LogP contribution in [0.3, 0.4) is 0 Å². The first-order valence-corrected chi connectivity index (χ1v) is 7.15. The van der Waals surface area contributed by atoms with Gasteiger partial charge in [0.1, 0.15) is 6.54 Å². The van der Waals surface area contributed by atoms with Crippen LogP contribution < -0.4 is 5.32 Å². The van der Waals surface area contributed by atoms with Gasteiger partial charge in [0.05, 0.1) is 11.9 Å². The van der Waals surface area contributed by atoms with E-state index in [-0.39, 0.29) is 0 Å². The Kier molecular flexibility index (Phi) is 5.38. The second kappa shape index (κ2) is 6.18. The molecule has 0 aromatic heterocycles. The van der Waals surface area contributed by atoms with E-state index >= 15 is 0 Å². The number of nitrogens with zero attached hydrogens (tertiary/aromatic N) is 1. The minimum Gasteiger partial charge on any atom is -0.395 e. The second-order valence-corrected chi connectivity index (χ2v) is 6.38. The monoisotopic (exact) mass is 290 g/mol. The van der Waals surface area contributed by atoms with Crippen molar-refractivity contribution in [3.63, 3.8) is 0 Å². The van der Waals surface area contributed by atoms with Crippen LogP contribution in [-0.4, -0.2) is 62.0 Å². The van der Waals surface area contributed by atoms with Crippen LogP contribution in [0.25, 0.3) is 0 Å². The molecule has 1 heterocycles. The molecular weight excluding hydrogens is 273 g/mol. The average Bonchev–Trinajstić information content (AvgIpc) is 2.28. The van der Waals surface area contributed by atoms with Crippen LogP contribution in [0, 0.1) is 0 Å². The van der Waals surface area contributed by atoms with Gasteiger partial charge in [0.25, 0.3) is 0 Å². The number of rotatable bonds is 5. The van der Waals surface area contributed by atoms with Gasteiger partial charge in [-0.3, -0.25) is 0 Å². The fourth-order valence-electron chi connectivity index (χ4n) is 1.91. The summed E-state index contributed by atoms with van der Waals surface area (Å²) in [5, 5.41) is 10.9. The first-order valence-electron chi connectivity index (χ1n) is 5.64. The van der Waals surface area contributed by atoms with Crippen molar-refractivity contribution in [1.82, 2.24) is 9.62 Å². The summed E-state index contributed by atoms with van der Waals surface area (Å²) < 4.78 is 61.4. The molecule has 1 aliphatic heterocycles. The normalized spacial score (nSPS) is 19.4. The van der Waals surface area contributed by atoms with Gasteiger partial charge in [-0.05, 0) is 25.9 Å². The van der Waals surface area contributed by atoms with Gasteiger partial charge in [-0.25, -0.2) is 8.42 Å². The smallest absolute Gasteiger partial charge is 0.395 e. The van der Waals surface area contributed by atoms with Crippen molar-refractivity contribution in [3.8, 4) is 0 Å². The van der Waals surface area contributed by atoms with Crippen LogP contribution in [0.5, 0.6) is 0 Å². The van der Waals surface area contributed by atoms with Crippen LogP contribution >= 0.6 is 0 Å². The molecule has 1 rings (SSSR count). The lowest BCUT2D eigenvalue weighted by Crippen LogP contribution is -2.48. The lowest BCUT2D eigenvalue weighted by molar-refractivity contribution is -0.136. The maximum Gasteiger partial charge on any atom is 0.402 e. The van der Waals surface area contributed by atoms with Gasteiger partial charge >= 0.3 is 6.18 Å². The highest BCUT2D eigenvalue weighted by molar-refractivity contribution is 7.89. The van der Waals surface area contributed by atoms with Crippen molar-refractivity contribution in [1.29, 1.82) is 0 Å². The summed E-state index contributed by atoms with van der Waals surface area (Å²) in [5.41, 5.74) is 0. The third-order valence-electron chi connectivity index (χ3n) is 2.77. The molecule has 0 atom stereocenters. The summed E-state index contributed by atoms with van der Waals surface area (Å²) in [6, 6.07) is 0. The summed E-state index contributed by atoms with van der Waals surface area (Å²) in [7, 11) is -4.01. The van der Waals surface area contributed by atoms with E-state index in [4.69, 9.17) is 5.11 Å². The number of nitrogens with one attached hydrogen (secondary N) is 1. The third kappa shape index (κ3) is 4.38. The Morgan fingerprint density at radius 1 is 1.28 bits per heavy atom. The molecule has 1 aliphatic rings. The molecular formula is C9H17F3N2O3S. The minimum atomic E-state index is -4.60. The molecule has 0 amide bonds. The zero-order valence-electron chi connectivity index (χ0n) is 9.78. The van der Waals surface area contributed by atoms with Crippen LogP contribution in [-0.2, 0) is 10.0 Å². The predicted octanol–water partition coefficient (Wildman–Crippen LogP) is -0.0752. The molecule has 0 aliphatic carbocycles. The summed E-state index contributed by atoms with van der Waals surface area (Å²) in [6.45, 7) is -1.74. The molecule has 108 valence electrons. The molecule has 18 heavy (non-hydrogen) atoms. The quantitative estimate of drug-likeness (QED) is 0.743. The molecule has 0 aromatic rings. The molecule has 5 nitrogen and oxygen atoms in total. The molecule has 0 bridgehead atoms. The van der Waals surface area contributed by atoms with Gasteiger partial charge in [-0.15, -0.1) is 0 Å². The maximum absolute atomic E-state index is 12.3. The van der Waals surface area contributed by atoms with Crippen LogP contribution in [0.4, 0.5) is 13.2 Å². The SMILES string of the molecule is O=S(=O)(C1CCNCC1)N(CCO)CC(F)(F)F. The van der Waals surface area contributed by atoms with Crippen molar-refractivity contribution in [2.75, 3.05) is 32.8 Å². The molecule has 0 radical (unpaired) electrons. The molecule has 1 fully saturated rings. The van der Waals surface area contributed by atoms with Crippen molar-refractivity contribution in [2.45, 2.75) is 24.3 Å². The summed E-state index contributed by atoms with van der Waals surface area (Å²) >= 11 is 0. The van der Waals surface area contributed by atoms with Crippen LogP contribution in [0.15, 0.2) is 0 Å². The van der Waals surface area contributed by atoms with Gasteiger partial charge in [0.2, 0.25) is 10.0 Å².